The fraction of sp³-hybridized carbons (Fsp3) is 0.296. The van der Waals surface area contributed by atoms with Crippen LogP contribution in [0.5, 0.6) is 11.8 Å². The van der Waals surface area contributed by atoms with Crippen molar-refractivity contribution >= 4 is 0 Å². The van der Waals surface area contributed by atoms with Crippen LogP contribution in [0, 0.1) is 20.8 Å². The Kier molecular flexibility index (Phi) is 6.85. The third-order valence-corrected chi connectivity index (χ3v) is 5.68. The highest BCUT2D eigenvalue weighted by atomic mass is 16.5. The van der Waals surface area contributed by atoms with Crippen molar-refractivity contribution in [3.05, 3.63) is 87.5 Å². The van der Waals surface area contributed by atoms with Gasteiger partial charge in [0.05, 0.1) is 29.7 Å². The summed E-state index contributed by atoms with van der Waals surface area (Å²) in [6.07, 6.45) is 1.69. The first-order valence-corrected chi connectivity index (χ1v) is 11.5. The van der Waals surface area contributed by atoms with Crippen LogP contribution in [0.3, 0.4) is 0 Å². The van der Waals surface area contributed by atoms with Crippen molar-refractivity contribution in [2.24, 2.45) is 0 Å². The molecule has 0 aliphatic heterocycles. The van der Waals surface area contributed by atoms with Gasteiger partial charge in [0, 0.05) is 17.8 Å². The van der Waals surface area contributed by atoms with Gasteiger partial charge in [0.1, 0.15) is 18.0 Å². The smallest absolute Gasteiger partial charge is 0.264 e. The summed E-state index contributed by atoms with van der Waals surface area (Å²) in [5.41, 5.74) is 2.63. The maximum absolute atomic E-state index is 13.4. The molecule has 9 heteroatoms. The number of benzene rings is 1. The predicted octanol–water partition coefficient (Wildman–Crippen LogP) is 3.82. The highest BCUT2D eigenvalue weighted by Crippen LogP contribution is 2.26. The first-order chi connectivity index (χ1) is 17.1. The molecule has 0 amide bonds. The number of hydrogen-bond acceptors (Lipinski definition) is 8. The third-order valence-electron chi connectivity index (χ3n) is 5.68. The Morgan fingerprint density at radius 2 is 1.78 bits per heavy atom. The topological polar surface area (TPSA) is 112 Å². The van der Waals surface area contributed by atoms with E-state index in [9.17, 15) is 9.90 Å². The number of pyridine rings is 1. The molecule has 0 spiro atoms. The number of ether oxygens (including phenoxy) is 2. The standard InChI is InChI=1S/C27H29N5O4/c1-16-14-28-26(27(4,5)34)31-23(16)19-9-7-11-21(13-19)32-18(3)29-24(17(2)25(32)33)36-15-20-10-8-12-22(30-20)35-6/h7-14,34H,15H2,1-6H3. The van der Waals surface area contributed by atoms with E-state index in [2.05, 4.69) is 19.9 Å². The van der Waals surface area contributed by atoms with Gasteiger partial charge in [0.2, 0.25) is 11.8 Å². The lowest BCUT2D eigenvalue weighted by Crippen LogP contribution is -2.25. The van der Waals surface area contributed by atoms with Gasteiger partial charge in [0.15, 0.2) is 5.82 Å². The molecule has 186 valence electrons. The van der Waals surface area contributed by atoms with Crippen molar-refractivity contribution in [3.63, 3.8) is 0 Å². The van der Waals surface area contributed by atoms with Crippen LogP contribution in [0.15, 0.2) is 53.5 Å². The molecular formula is C27H29N5O4. The second kappa shape index (κ2) is 9.87. The Hall–Kier alpha value is -4.11. The summed E-state index contributed by atoms with van der Waals surface area (Å²) in [4.78, 5) is 31.1. The maximum Gasteiger partial charge on any atom is 0.264 e. The van der Waals surface area contributed by atoms with Gasteiger partial charge in [-0.3, -0.25) is 9.36 Å². The third kappa shape index (κ3) is 5.11. The molecule has 0 saturated carbocycles. The highest BCUT2D eigenvalue weighted by molar-refractivity contribution is 5.65. The Bertz CT molecular complexity index is 1470. The molecule has 3 heterocycles. The van der Waals surface area contributed by atoms with Gasteiger partial charge in [-0.15, -0.1) is 0 Å². The zero-order valence-corrected chi connectivity index (χ0v) is 21.2. The molecule has 1 aromatic carbocycles. The summed E-state index contributed by atoms with van der Waals surface area (Å²) in [6.45, 7) is 8.79. The minimum absolute atomic E-state index is 0.153. The van der Waals surface area contributed by atoms with Gasteiger partial charge in [0.25, 0.3) is 5.56 Å². The Labute approximate surface area is 209 Å². The molecule has 0 aliphatic carbocycles. The number of aryl methyl sites for hydroxylation is 2. The van der Waals surface area contributed by atoms with Crippen molar-refractivity contribution in [1.82, 2.24) is 24.5 Å². The van der Waals surface area contributed by atoms with E-state index in [-0.39, 0.29) is 18.0 Å². The average molecular weight is 488 g/mol. The minimum Gasteiger partial charge on any atom is -0.481 e. The molecule has 9 nitrogen and oxygen atoms in total. The largest absolute Gasteiger partial charge is 0.481 e. The molecule has 3 aromatic heterocycles. The fourth-order valence-corrected chi connectivity index (χ4v) is 3.75. The van der Waals surface area contributed by atoms with Crippen LogP contribution in [0.2, 0.25) is 0 Å². The quantitative estimate of drug-likeness (QED) is 0.419. The maximum atomic E-state index is 13.4. The molecule has 0 saturated heterocycles. The molecule has 0 bridgehead atoms. The van der Waals surface area contributed by atoms with Gasteiger partial charge < -0.3 is 14.6 Å². The Morgan fingerprint density at radius 3 is 2.50 bits per heavy atom. The van der Waals surface area contributed by atoms with Crippen molar-refractivity contribution in [1.29, 1.82) is 0 Å². The minimum atomic E-state index is -1.18. The molecule has 0 unspecified atom stereocenters. The van der Waals surface area contributed by atoms with E-state index in [1.54, 1.807) is 51.6 Å². The fourth-order valence-electron chi connectivity index (χ4n) is 3.75. The lowest BCUT2D eigenvalue weighted by Gasteiger charge is -2.18. The second-order valence-corrected chi connectivity index (χ2v) is 9.02. The van der Waals surface area contributed by atoms with E-state index in [1.165, 1.54) is 0 Å². The summed E-state index contributed by atoms with van der Waals surface area (Å²) in [5.74, 6) is 1.55. The number of nitrogens with zero attached hydrogens (tertiary/aromatic N) is 5. The van der Waals surface area contributed by atoms with Crippen LogP contribution >= 0.6 is 0 Å². The molecule has 4 rings (SSSR count). The summed E-state index contributed by atoms with van der Waals surface area (Å²) >= 11 is 0. The zero-order chi connectivity index (χ0) is 26.0. The van der Waals surface area contributed by atoms with E-state index >= 15 is 0 Å². The van der Waals surface area contributed by atoms with E-state index < -0.39 is 5.60 Å². The number of methoxy groups -OCH3 is 1. The lowest BCUT2D eigenvalue weighted by molar-refractivity contribution is 0.0688. The zero-order valence-electron chi connectivity index (χ0n) is 21.2. The molecule has 0 atom stereocenters. The number of aliphatic hydroxyl groups is 1. The summed E-state index contributed by atoms with van der Waals surface area (Å²) < 4.78 is 12.5. The molecule has 0 fully saturated rings. The Balaban J connectivity index is 1.69. The van der Waals surface area contributed by atoms with E-state index in [0.717, 1.165) is 11.1 Å². The van der Waals surface area contributed by atoms with Crippen LogP contribution in [-0.4, -0.2) is 36.7 Å². The second-order valence-electron chi connectivity index (χ2n) is 9.02. The van der Waals surface area contributed by atoms with Crippen molar-refractivity contribution < 1.29 is 14.6 Å². The van der Waals surface area contributed by atoms with Crippen LogP contribution < -0.4 is 15.0 Å². The van der Waals surface area contributed by atoms with Crippen LogP contribution in [0.4, 0.5) is 0 Å². The number of rotatable bonds is 7. The van der Waals surface area contributed by atoms with Crippen LogP contribution in [0.1, 0.15) is 42.3 Å². The summed E-state index contributed by atoms with van der Waals surface area (Å²) in [7, 11) is 1.55. The van der Waals surface area contributed by atoms with E-state index in [1.807, 2.05) is 43.3 Å². The van der Waals surface area contributed by atoms with Gasteiger partial charge in [-0.2, -0.15) is 4.98 Å². The molecule has 1 N–H and O–H groups in total. The van der Waals surface area contributed by atoms with E-state index in [4.69, 9.17) is 9.47 Å². The van der Waals surface area contributed by atoms with Gasteiger partial charge >= 0.3 is 0 Å². The van der Waals surface area contributed by atoms with Crippen molar-refractivity contribution in [2.75, 3.05) is 7.11 Å². The highest BCUT2D eigenvalue weighted by Gasteiger charge is 2.21. The predicted molar refractivity (Wildman–Crippen MR) is 135 cm³/mol. The average Bonchev–Trinajstić information content (AvgIpc) is 2.85. The first-order valence-electron chi connectivity index (χ1n) is 11.5. The van der Waals surface area contributed by atoms with E-state index in [0.29, 0.717) is 40.2 Å². The summed E-state index contributed by atoms with van der Waals surface area (Å²) in [5, 5.41) is 10.4. The molecule has 0 radical (unpaired) electrons. The summed E-state index contributed by atoms with van der Waals surface area (Å²) in [6, 6.07) is 12.9. The normalized spacial score (nSPS) is 11.4. The first kappa shape index (κ1) is 25.0. The van der Waals surface area contributed by atoms with Crippen LogP contribution in [-0.2, 0) is 12.2 Å². The molecule has 0 aliphatic rings. The molecular weight excluding hydrogens is 458 g/mol. The lowest BCUT2D eigenvalue weighted by atomic mass is 10.0. The van der Waals surface area contributed by atoms with Crippen molar-refractivity contribution in [2.45, 2.75) is 46.8 Å². The SMILES string of the molecule is COc1cccc(COc2nc(C)n(-c3cccc(-c4nc(C(C)(C)O)ncc4C)c3)c(=O)c2C)n1. The van der Waals surface area contributed by atoms with Gasteiger partial charge in [-0.1, -0.05) is 18.2 Å². The molecule has 36 heavy (non-hydrogen) atoms. The van der Waals surface area contributed by atoms with Crippen molar-refractivity contribution in [3.8, 4) is 28.7 Å². The van der Waals surface area contributed by atoms with Crippen LogP contribution in [0.25, 0.3) is 16.9 Å². The monoisotopic (exact) mass is 487 g/mol. The van der Waals surface area contributed by atoms with Gasteiger partial charge in [-0.25, -0.2) is 15.0 Å². The Morgan fingerprint density at radius 1 is 1.03 bits per heavy atom. The number of hydrogen-bond donors (Lipinski definition) is 1. The van der Waals surface area contributed by atoms with Gasteiger partial charge in [-0.05, 0) is 58.4 Å². The molecule has 4 aromatic rings. The number of aromatic nitrogens is 5.